The zero-order valence-corrected chi connectivity index (χ0v) is 21.5. The fourth-order valence-electron chi connectivity index (χ4n) is 4.14. The lowest BCUT2D eigenvalue weighted by Gasteiger charge is -2.07. The van der Waals surface area contributed by atoms with Gasteiger partial charge in [-0.1, -0.05) is 41.4 Å². The molecule has 0 bridgehead atoms. The number of aryl methyl sites for hydroxylation is 1. The standard InChI is InChI=1S/C29H24BrNO5/c1-3-4-15-34-20-13-14-24-22(16-20)25(17(2)35-24)29(33)31-26-21-7-5-6-8-23(21)36-28(26)27(32)18-9-11-19(30)12-10-18/h5-14,16H,3-4,15H2,1-2H3,(H,31,33). The van der Waals surface area contributed by atoms with Gasteiger partial charge >= 0.3 is 0 Å². The Hall–Kier alpha value is -3.84. The molecule has 0 atom stereocenters. The molecule has 1 amide bonds. The molecule has 3 aromatic carbocycles. The molecular weight excluding hydrogens is 522 g/mol. The number of ketones is 1. The number of amides is 1. The summed E-state index contributed by atoms with van der Waals surface area (Å²) in [7, 11) is 0. The third-order valence-corrected chi connectivity index (χ3v) is 6.50. The molecule has 7 heteroatoms. The monoisotopic (exact) mass is 545 g/mol. The smallest absolute Gasteiger partial charge is 0.259 e. The van der Waals surface area contributed by atoms with Crippen molar-refractivity contribution in [3.63, 3.8) is 0 Å². The van der Waals surface area contributed by atoms with Gasteiger partial charge in [-0.3, -0.25) is 9.59 Å². The van der Waals surface area contributed by atoms with Crippen LogP contribution in [0.15, 0.2) is 80.0 Å². The molecule has 5 aromatic rings. The number of fused-ring (bicyclic) bond motifs is 2. The number of furan rings is 2. The van der Waals surface area contributed by atoms with E-state index in [1.807, 2.05) is 30.3 Å². The van der Waals surface area contributed by atoms with Gasteiger partial charge in [-0.25, -0.2) is 0 Å². The van der Waals surface area contributed by atoms with Crippen molar-refractivity contribution in [1.29, 1.82) is 0 Å². The van der Waals surface area contributed by atoms with Crippen LogP contribution in [0.1, 0.15) is 52.0 Å². The maximum absolute atomic E-state index is 13.6. The van der Waals surface area contributed by atoms with Gasteiger partial charge in [-0.05, 0) is 67.9 Å². The van der Waals surface area contributed by atoms with Crippen LogP contribution in [0.2, 0.25) is 0 Å². The number of nitrogens with one attached hydrogen (secondary N) is 1. The van der Waals surface area contributed by atoms with Crippen molar-refractivity contribution in [1.82, 2.24) is 0 Å². The van der Waals surface area contributed by atoms with Crippen LogP contribution in [-0.4, -0.2) is 18.3 Å². The van der Waals surface area contributed by atoms with Crippen LogP contribution in [0.25, 0.3) is 21.9 Å². The van der Waals surface area contributed by atoms with Crippen LogP contribution in [0.4, 0.5) is 5.69 Å². The Labute approximate surface area is 216 Å². The van der Waals surface area contributed by atoms with Crippen LogP contribution in [0.5, 0.6) is 5.75 Å². The van der Waals surface area contributed by atoms with Gasteiger partial charge in [0.05, 0.1) is 17.9 Å². The maximum Gasteiger partial charge on any atom is 0.259 e. The van der Waals surface area contributed by atoms with Gasteiger partial charge < -0.3 is 18.9 Å². The molecule has 0 saturated carbocycles. The summed E-state index contributed by atoms with van der Waals surface area (Å²) in [6.07, 6.45) is 1.97. The first kappa shape index (κ1) is 23.9. The first-order valence-electron chi connectivity index (χ1n) is 11.8. The minimum Gasteiger partial charge on any atom is -0.494 e. The second kappa shape index (κ2) is 10.0. The molecule has 1 N–H and O–H groups in total. The van der Waals surface area contributed by atoms with Gasteiger partial charge in [-0.2, -0.15) is 0 Å². The van der Waals surface area contributed by atoms with E-state index in [-0.39, 0.29) is 11.5 Å². The largest absolute Gasteiger partial charge is 0.494 e. The highest BCUT2D eigenvalue weighted by Crippen LogP contribution is 2.35. The molecular formula is C29H24BrNO5. The van der Waals surface area contributed by atoms with Crippen molar-refractivity contribution in [2.45, 2.75) is 26.7 Å². The summed E-state index contributed by atoms with van der Waals surface area (Å²) in [4.78, 5) is 27.0. The number of carbonyl (C=O) groups is 2. The molecule has 2 aromatic heterocycles. The number of hydrogen-bond acceptors (Lipinski definition) is 5. The Bertz CT molecular complexity index is 1580. The molecule has 5 rings (SSSR count). The molecule has 0 aliphatic heterocycles. The fraction of sp³-hybridized carbons (Fsp3) is 0.172. The second-order valence-corrected chi connectivity index (χ2v) is 9.40. The van der Waals surface area contributed by atoms with Crippen LogP contribution in [0, 0.1) is 6.92 Å². The van der Waals surface area contributed by atoms with Crippen molar-refractivity contribution >= 4 is 55.2 Å². The highest BCUT2D eigenvalue weighted by molar-refractivity contribution is 9.10. The Morgan fingerprint density at radius 2 is 1.69 bits per heavy atom. The van der Waals surface area contributed by atoms with Gasteiger partial charge in [0.1, 0.15) is 22.7 Å². The van der Waals surface area contributed by atoms with Gasteiger partial charge in [0.2, 0.25) is 5.78 Å². The molecule has 0 radical (unpaired) electrons. The minimum absolute atomic E-state index is 0.0703. The normalized spacial score (nSPS) is 11.2. The van der Waals surface area contributed by atoms with Gasteiger partial charge in [-0.15, -0.1) is 0 Å². The molecule has 6 nitrogen and oxygen atoms in total. The molecule has 2 heterocycles. The van der Waals surface area contributed by atoms with Gasteiger partial charge in [0.15, 0.2) is 5.76 Å². The quantitative estimate of drug-likeness (QED) is 0.158. The third kappa shape index (κ3) is 4.54. The lowest BCUT2D eigenvalue weighted by atomic mass is 10.1. The Kier molecular flexibility index (Phi) is 6.65. The lowest BCUT2D eigenvalue weighted by Crippen LogP contribution is -2.15. The van der Waals surface area contributed by atoms with E-state index in [1.165, 1.54) is 0 Å². The Morgan fingerprint density at radius 3 is 2.47 bits per heavy atom. The summed E-state index contributed by atoms with van der Waals surface area (Å²) in [5, 5.41) is 4.22. The molecule has 0 spiro atoms. The minimum atomic E-state index is -0.395. The number of unbranched alkanes of at least 4 members (excludes halogenated alkanes) is 1. The molecule has 182 valence electrons. The van der Waals surface area contributed by atoms with E-state index in [0.717, 1.165) is 17.3 Å². The van der Waals surface area contributed by atoms with E-state index in [4.69, 9.17) is 13.6 Å². The fourth-order valence-corrected chi connectivity index (χ4v) is 4.41. The highest BCUT2D eigenvalue weighted by atomic mass is 79.9. The zero-order valence-electron chi connectivity index (χ0n) is 19.9. The zero-order chi connectivity index (χ0) is 25.2. The number of para-hydroxylation sites is 1. The number of benzene rings is 3. The lowest BCUT2D eigenvalue weighted by molar-refractivity contribution is 0.101. The average molecular weight is 546 g/mol. The van der Waals surface area contributed by atoms with Crippen molar-refractivity contribution in [2.24, 2.45) is 0 Å². The van der Waals surface area contributed by atoms with Gasteiger partial charge in [0.25, 0.3) is 5.91 Å². The molecule has 0 aliphatic carbocycles. The number of anilines is 1. The highest BCUT2D eigenvalue weighted by Gasteiger charge is 2.26. The van der Waals surface area contributed by atoms with E-state index >= 15 is 0 Å². The summed E-state index contributed by atoms with van der Waals surface area (Å²) >= 11 is 3.39. The average Bonchev–Trinajstić information content (AvgIpc) is 3.41. The van der Waals surface area contributed by atoms with E-state index in [0.29, 0.717) is 56.9 Å². The molecule has 0 aliphatic rings. The van der Waals surface area contributed by atoms with Crippen molar-refractivity contribution in [3.05, 3.63) is 93.9 Å². The first-order valence-corrected chi connectivity index (χ1v) is 12.5. The molecule has 0 unspecified atom stereocenters. The summed E-state index contributed by atoms with van der Waals surface area (Å²) < 4.78 is 18.5. The van der Waals surface area contributed by atoms with E-state index in [1.54, 1.807) is 43.3 Å². The molecule has 36 heavy (non-hydrogen) atoms. The summed E-state index contributed by atoms with van der Waals surface area (Å²) in [5.41, 5.74) is 2.26. The SMILES string of the molecule is CCCCOc1ccc2oc(C)c(C(=O)Nc3c(C(=O)c4ccc(Br)cc4)oc4ccccc34)c2c1. The summed E-state index contributed by atoms with van der Waals surface area (Å²) in [5.74, 6) is 0.496. The summed E-state index contributed by atoms with van der Waals surface area (Å²) in [6.45, 7) is 4.44. The number of halogens is 1. The van der Waals surface area contributed by atoms with Crippen molar-refractivity contribution < 1.29 is 23.2 Å². The van der Waals surface area contributed by atoms with Crippen LogP contribution < -0.4 is 10.1 Å². The molecule has 0 saturated heterocycles. The second-order valence-electron chi connectivity index (χ2n) is 8.49. The number of carbonyl (C=O) groups excluding carboxylic acids is 2. The number of rotatable bonds is 8. The van der Waals surface area contributed by atoms with Gasteiger partial charge in [0, 0.05) is 20.8 Å². The topological polar surface area (TPSA) is 81.7 Å². The van der Waals surface area contributed by atoms with Crippen molar-refractivity contribution in [2.75, 3.05) is 11.9 Å². The van der Waals surface area contributed by atoms with Crippen LogP contribution in [-0.2, 0) is 0 Å². The summed E-state index contributed by atoms with van der Waals surface area (Å²) in [6, 6.07) is 19.7. The first-order chi connectivity index (χ1) is 17.5. The van der Waals surface area contributed by atoms with E-state index in [9.17, 15) is 9.59 Å². The Morgan fingerprint density at radius 1 is 0.944 bits per heavy atom. The number of hydrogen-bond donors (Lipinski definition) is 1. The Balaban J connectivity index is 1.54. The van der Waals surface area contributed by atoms with Crippen molar-refractivity contribution in [3.8, 4) is 5.75 Å². The number of ether oxygens (including phenoxy) is 1. The predicted molar refractivity (Wildman–Crippen MR) is 143 cm³/mol. The predicted octanol–water partition coefficient (Wildman–Crippen LogP) is 7.91. The maximum atomic E-state index is 13.6. The van der Waals surface area contributed by atoms with E-state index in [2.05, 4.69) is 28.2 Å². The van der Waals surface area contributed by atoms with E-state index < -0.39 is 5.91 Å². The molecule has 0 fully saturated rings. The van der Waals surface area contributed by atoms with Crippen LogP contribution >= 0.6 is 15.9 Å². The van der Waals surface area contributed by atoms with Crippen LogP contribution in [0.3, 0.4) is 0 Å². The third-order valence-electron chi connectivity index (χ3n) is 5.98.